The van der Waals surface area contributed by atoms with Crippen LogP contribution in [0.5, 0.6) is 0 Å². The minimum Gasteiger partial charge on any atom is -0.366 e. The summed E-state index contributed by atoms with van der Waals surface area (Å²) >= 11 is 6.14. The van der Waals surface area contributed by atoms with Gasteiger partial charge in [-0.25, -0.2) is 4.98 Å². The standard InChI is InChI=1S/C20H15ClN4O/c21-17-7-3-1-6-16(17)13-24-19-11-14(9-10-23-19)20(26)25-18-8-4-2-5-15(18)12-22/h1-11H,13H2,(H,23,24)(H,25,26). The van der Waals surface area contributed by atoms with E-state index >= 15 is 0 Å². The molecule has 1 aromatic heterocycles. The van der Waals surface area contributed by atoms with Crippen LogP contribution in [0.2, 0.25) is 5.02 Å². The molecule has 0 saturated heterocycles. The highest BCUT2D eigenvalue weighted by Gasteiger charge is 2.10. The van der Waals surface area contributed by atoms with Gasteiger partial charge in [-0.05, 0) is 35.9 Å². The second kappa shape index (κ2) is 8.15. The molecule has 0 aliphatic heterocycles. The third-order valence-corrected chi connectivity index (χ3v) is 4.10. The van der Waals surface area contributed by atoms with Crippen LogP contribution in [0, 0.1) is 11.3 Å². The second-order valence-electron chi connectivity index (χ2n) is 5.49. The fourth-order valence-electron chi connectivity index (χ4n) is 2.38. The maximum absolute atomic E-state index is 12.5. The van der Waals surface area contributed by atoms with Crippen LogP contribution < -0.4 is 10.6 Å². The summed E-state index contributed by atoms with van der Waals surface area (Å²) in [5, 5.41) is 15.7. The van der Waals surface area contributed by atoms with E-state index in [0.29, 0.717) is 34.2 Å². The van der Waals surface area contributed by atoms with E-state index in [1.54, 1.807) is 42.6 Å². The predicted molar refractivity (Wildman–Crippen MR) is 102 cm³/mol. The number of amides is 1. The molecular weight excluding hydrogens is 348 g/mol. The van der Waals surface area contributed by atoms with E-state index in [0.717, 1.165) is 5.56 Å². The van der Waals surface area contributed by atoms with Gasteiger partial charge < -0.3 is 10.6 Å². The number of anilines is 2. The Morgan fingerprint density at radius 3 is 2.69 bits per heavy atom. The van der Waals surface area contributed by atoms with Crippen molar-refractivity contribution in [2.24, 2.45) is 0 Å². The number of nitrogens with zero attached hydrogens (tertiary/aromatic N) is 2. The third-order valence-electron chi connectivity index (χ3n) is 3.74. The van der Waals surface area contributed by atoms with E-state index < -0.39 is 0 Å². The largest absolute Gasteiger partial charge is 0.366 e. The number of carbonyl (C=O) groups excluding carboxylic acids is 1. The van der Waals surface area contributed by atoms with Gasteiger partial charge in [0.05, 0.1) is 11.3 Å². The van der Waals surface area contributed by atoms with Crippen LogP contribution in [0.25, 0.3) is 0 Å². The normalized spacial score (nSPS) is 10.0. The van der Waals surface area contributed by atoms with Crippen molar-refractivity contribution >= 4 is 29.0 Å². The maximum Gasteiger partial charge on any atom is 0.255 e. The van der Waals surface area contributed by atoms with Crippen molar-refractivity contribution in [3.8, 4) is 6.07 Å². The minimum atomic E-state index is -0.309. The zero-order valence-corrected chi connectivity index (χ0v) is 14.5. The molecule has 1 amide bonds. The molecule has 0 fully saturated rings. The summed E-state index contributed by atoms with van der Waals surface area (Å²) < 4.78 is 0. The lowest BCUT2D eigenvalue weighted by molar-refractivity contribution is 0.102. The molecule has 6 heteroatoms. The first-order valence-corrected chi connectivity index (χ1v) is 8.29. The molecular formula is C20H15ClN4O. The van der Waals surface area contributed by atoms with E-state index in [4.69, 9.17) is 16.9 Å². The number of nitrogens with one attached hydrogen (secondary N) is 2. The number of nitriles is 1. The minimum absolute atomic E-state index is 0.309. The first-order chi connectivity index (χ1) is 12.7. The van der Waals surface area contributed by atoms with E-state index in [9.17, 15) is 4.79 Å². The number of halogens is 1. The molecule has 1 heterocycles. The van der Waals surface area contributed by atoms with Crippen LogP contribution >= 0.6 is 11.6 Å². The fourth-order valence-corrected chi connectivity index (χ4v) is 2.58. The molecule has 5 nitrogen and oxygen atoms in total. The van der Waals surface area contributed by atoms with E-state index in [2.05, 4.69) is 21.7 Å². The van der Waals surface area contributed by atoms with Crippen molar-refractivity contribution in [2.75, 3.05) is 10.6 Å². The van der Waals surface area contributed by atoms with Crippen LogP contribution in [-0.2, 0) is 6.54 Å². The SMILES string of the molecule is N#Cc1ccccc1NC(=O)c1ccnc(NCc2ccccc2Cl)c1. The molecule has 0 aliphatic rings. The Morgan fingerprint density at radius 2 is 1.88 bits per heavy atom. The van der Waals surface area contributed by atoms with Crippen molar-refractivity contribution in [1.82, 2.24) is 4.98 Å². The van der Waals surface area contributed by atoms with Gasteiger partial charge in [-0.2, -0.15) is 5.26 Å². The number of para-hydroxylation sites is 1. The van der Waals surface area contributed by atoms with Crippen molar-refractivity contribution in [1.29, 1.82) is 5.26 Å². The molecule has 0 atom stereocenters. The molecule has 0 radical (unpaired) electrons. The molecule has 0 spiro atoms. The van der Waals surface area contributed by atoms with Gasteiger partial charge in [0.25, 0.3) is 5.91 Å². The summed E-state index contributed by atoms with van der Waals surface area (Å²) in [5.74, 6) is 0.252. The lowest BCUT2D eigenvalue weighted by Gasteiger charge is -2.10. The molecule has 26 heavy (non-hydrogen) atoms. The van der Waals surface area contributed by atoms with Crippen molar-refractivity contribution in [2.45, 2.75) is 6.54 Å². The topological polar surface area (TPSA) is 77.8 Å². The Labute approximate surface area is 156 Å². The first-order valence-electron chi connectivity index (χ1n) is 7.91. The molecule has 0 aliphatic carbocycles. The van der Waals surface area contributed by atoms with Gasteiger partial charge in [-0.15, -0.1) is 0 Å². The Kier molecular flexibility index (Phi) is 5.47. The number of carbonyl (C=O) groups is 1. The van der Waals surface area contributed by atoms with Crippen molar-refractivity contribution in [3.63, 3.8) is 0 Å². The van der Waals surface area contributed by atoms with E-state index in [-0.39, 0.29) is 5.91 Å². The molecule has 128 valence electrons. The summed E-state index contributed by atoms with van der Waals surface area (Å²) in [6.45, 7) is 0.495. The zero-order chi connectivity index (χ0) is 18.4. The van der Waals surface area contributed by atoms with Gasteiger partial charge in [0.15, 0.2) is 0 Å². The van der Waals surface area contributed by atoms with Crippen LogP contribution in [-0.4, -0.2) is 10.9 Å². The van der Waals surface area contributed by atoms with Gasteiger partial charge in [-0.3, -0.25) is 4.79 Å². The number of pyridine rings is 1. The lowest BCUT2D eigenvalue weighted by atomic mass is 10.1. The summed E-state index contributed by atoms with van der Waals surface area (Å²) in [7, 11) is 0. The lowest BCUT2D eigenvalue weighted by Crippen LogP contribution is -2.13. The summed E-state index contributed by atoms with van der Waals surface area (Å²) in [6.07, 6.45) is 1.56. The van der Waals surface area contributed by atoms with Crippen LogP contribution in [0.1, 0.15) is 21.5 Å². The molecule has 2 aromatic carbocycles. The summed E-state index contributed by atoms with van der Waals surface area (Å²) in [4.78, 5) is 16.7. The second-order valence-corrected chi connectivity index (χ2v) is 5.89. The smallest absolute Gasteiger partial charge is 0.255 e. The molecule has 0 saturated carbocycles. The Morgan fingerprint density at radius 1 is 1.12 bits per heavy atom. The summed E-state index contributed by atoms with van der Waals surface area (Å²) in [5.41, 5.74) is 2.26. The molecule has 3 rings (SSSR count). The molecule has 0 unspecified atom stereocenters. The van der Waals surface area contributed by atoms with Crippen LogP contribution in [0.15, 0.2) is 66.9 Å². The number of aromatic nitrogens is 1. The highest BCUT2D eigenvalue weighted by molar-refractivity contribution is 6.31. The molecule has 3 aromatic rings. The number of hydrogen-bond acceptors (Lipinski definition) is 4. The van der Waals surface area contributed by atoms with Gasteiger partial charge >= 0.3 is 0 Å². The zero-order valence-electron chi connectivity index (χ0n) is 13.7. The van der Waals surface area contributed by atoms with Crippen LogP contribution in [0.4, 0.5) is 11.5 Å². The van der Waals surface area contributed by atoms with Crippen molar-refractivity contribution < 1.29 is 4.79 Å². The Hall–Kier alpha value is -3.36. The first kappa shape index (κ1) is 17.5. The van der Waals surface area contributed by atoms with E-state index in [1.807, 2.05) is 24.3 Å². The highest BCUT2D eigenvalue weighted by Crippen LogP contribution is 2.18. The van der Waals surface area contributed by atoms with Gasteiger partial charge in [0.2, 0.25) is 0 Å². The van der Waals surface area contributed by atoms with Gasteiger partial charge in [-0.1, -0.05) is 41.9 Å². The number of benzene rings is 2. The molecule has 0 bridgehead atoms. The van der Waals surface area contributed by atoms with Gasteiger partial charge in [0, 0.05) is 23.3 Å². The number of rotatable bonds is 5. The van der Waals surface area contributed by atoms with Gasteiger partial charge in [0.1, 0.15) is 11.9 Å². The Bertz CT molecular complexity index is 981. The Balaban J connectivity index is 1.71. The van der Waals surface area contributed by atoms with Crippen molar-refractivity contribution in [3.05, 3.63) is 88.6 Å². The summed E-state index contributed by atoms with van der Waals surface area (Å²) in [6, 6.07) is 19.7. The average molecular weight is 363 g/mol. The van der Waals surface area contributed by atoms with Crippen LogP contribution in [0.3, 0.4) is 0 Å². The fraction of sp³-hybridized carbons (Fsp3) is 0.0500. The highest BCUT2D eigenvalue weighted by atomic mass is 35.5. The maximum atomic E-state index is 12.5. The van der Waals surface area contributed by atoms with E-state index in [1.165, 1.54) is 0 Å². The quantitative estimate of drug-likeness (QED) is 0.701. The number of hydrogen-bond donors (Lipinski definition) is 2. The monoisotopic (exact) mass is 362 g/mol. The third kappa shape index (κ3) is 4.18. The predicted octanol–water partition coefficient (Wildman–Crippen LogP) is 4.47. The molecule has 2 N–H and O–H groups in total. The average Bonchev–Trinajstić information content (AvgIpc) is 2.68.